The number of anilines is 1. The van der Waals surface area contributed by atoms with Gasteiger partial charge in [-0.3, -0.25) is 9.78 Å². The van der Waals surface area contributed by atoms with Gasteiger partial charge in [-0.15, -0.1) is 0 Å². The van der Waals surface area contributed by atoms with E-state index in [1.54, 1.807) is 12.4 Å². The molecule has 0 saturated carbocycles. The maximum atomic E-state index is 12.6. The molecule has 2 aliphatic heterocycles. The minimum Gasteiger partial charge on any atom is -0.355 e. The first kappa shape index (κ1) is 14.2. The molecule has 0 unspecified atom stereocenters. The number of benzene rings is 1. The molecule has 23 heavy (non-hydrogen) atoms. The van der Waals surface area contributed by atoms with Gasteiger partial charge in [-0.05, 0) is 30.4 Å². The molecule has 2 fully saturated rings. The van der Waals surface area contributed by atoms with E-state index in [-0.39, 0.29) is 5.91 Å². The summed E-state index contributed by atoms with van der Waals surface area (Å²) in [5, 5.41) is 0. The number of aromatic nitrogens is 2. The van der Waals surface area contributed by atoms with Crippen LogP contribution in [0.5, 0.6) is 0 Å². The van der Waals surface area contributed by atoms with Crippen molar-refractivity contribution in [3.63, 3.8) is 0 Å². The molecule has 3 heterocycles. The maximum absolute atomic E-state index is 12.6. The summed E-state index contributed by atoms with van der Waals surface area (Å²) in [6, 6.07) is 9.59. The van der Waals surface area contributed by atoms with Crippen LogP contribution in [0.2, 0.25) is 0 Å². The van der Waals surface area contributed by atoms with Crippen LogP contribution in [0.3, 0.4) is 0 Å². The number of fused-ring (bicyclic) bond motifs is 1. The molecule has 2 atom stereocenters. The van der Waals surface area contributed by atoms with Gasteiger partial charge in [-0.2, -0.15) is 0 Å². The predicted molar refractivity (Wildman–Crippen MR) is 88.2 cm³/mol. The second-order valence-electron chi connectivity index (χ2n) is 6.39. The van der Waals surface area contributed by atoms with Gasteiger partial charge >= 0.3 is 0 Å². The van der Waals surface area contributed by atoms with E-state index in [9.17, 15) is 4.79 Å². The number of hydrogen-bond donors (Lipinski definition) is 0. The van der Waals surface area contributed by atoms with Crippen LogP contribution in [-0.4, -0.2) is 47.0 Å². The summed E-state index contributed by atoms with van der Waals surface area (Å²) >= 11 is 0. The molecule has 5 heteroatoms. The summed E-state index contributed by atoms with van der Waals surface area (Å²) in [5.41, 5.74) is 0.789. The number of hydrogen-bond acceptors (Lipinski definition) is 4. The van der Waals surface area contributed by atoms with E-state index >= 15 is 0 Å². The third-order valence-electron chi connectivity index (χ3n) is 4.98. The third-order valence-corrected chi connectivity index (χ3v) is 4.98. The summed E-state index contributed by atoms with van der Waals surface area (Å²) in [6.45, 7) is 3.68. The van der Waals surface area contributed by atoms with Gasteiger partial charge in [0, 0.05) is 44.1 Å². The maximum Gasteiger partial charge on any atom is 0.253 e. The Hall–Kier alpha value is -2.43. The SMILES string of the molecule is O=C(c1ccccc1)N1C[C@H]2CCN(c3cnccn3)C[C@H]2C1. The van der Waals surface area contributed by atoms with E-state index in [1.807, 2.05) is 41.4 Å². The van der Waals surface area contributed by atoms with E-state index in [1.165, 1.54) is 0 Å². The quantitative estimate of drug-likeness (QED) is 0.852. The Kier molecular flexibility index (Phi) is 3.69. The molecule has 2 saturated heterocycles. The standard InChI is InChI=1S/C18H20N4O/c23-18(14-4-2-1-3-5-14)22-11-15-6-9-21(12-16(15)13-22)17-10-19-7-8-20-17/h1-5,7-8,10,15-16H,6,9,11-13H2/t15-,16+/m1/s1. The second-order valence-corrected chi connectivity index (χ2v) is 6.39. The Morgan fingerprint density at radius 3 is 2.65 bits per heavy atom. The number of piperidine rings is 1. The monoisotopic (exact) mass is 308 g/mol. The Morgan fingerprint density at radius 2 is 1.87 bits per heavy atom. The van der Waals surface area contributed by atoms with Gasteiger partial charge in [-0.25, -0.2) is 4.98 Å². The Bertz CT molecular complexity index is 676. The lowest BCUT2D eigenvalue weighted by molar-refractivity contribution is 0.0784. The first-order valence-electron chi connectivity index (χ1n) is 8.16. The lowest BCUT2D eigenvalue weighted by Crippen LogP contribution is -2.40. The second kappa shape index (κ2) is 5.99. The van der Waals surface area contributed by atoms with Gasteiger partial charge in [0.25, 0.3) is 5.91 Å². The van der Waals surface area contributed by atoms with E-state index in [0.717, 1.165) is 44.0 Å². The topological polar surface area (TPSA) is 49.3 Å². The third kappa shape index (κ3) is 2.79. The zero-order chi connectivity index (χ0) is 15.6. The molecular formula is C18H20N4O. The van der Waals surface area contributed by atoms with E-state index in [4.69, 9.17) is 0 Å². The van der Waals surface area contributed by atoms with E-state index < -0.39 is 0 Å². The lowest BCUT2D eigenvalue weighted by Gasteiger charge is -2.34. The average Bonchev–Trinajstić information content (AvgIpc) is 3.06. The zero-order valence-electron chi connectivity index (χ0n) is 13.0. The van der Waals surface area contributed by atoms with Gasteiger partial charge in [-0.1, -0.05) is 18.2 Å². The number of nitrogens with zero attached hydrogens (tertiary/aromatic N) is 4. The van der Waals surface area contributed by atoms with Gasteiger partial charge in [0.15, 0.2) is 0 Å². The molecule has 1 aromatic carbocycles. The molecule has 0 aliphatic carbocycles. The number of carbonyl (C=O) groups excluding carboxylic acids is 1. The summed E-state index contributed by atoms with van der Waals surface area (Å²) < 4.78 is 0. The van der Waals surface area contributed by atoms with Gasteiger partial charge in [0.1, 0.15) is 5.82 Å². The van der Waals surface area contributed by atoms with Crippen LogP contribution in [0.1, 0.15) is 16.8 Å². The molecular weight excluding hydrogens is 288 g/mol. The molecule has 0 spiro atoms. The summed E-state index contributed by atoms with van der Waals surface area (Å²) in [5.74, 6) is 2.24. The molecule has 118 valence electrons. The predicted octanol–water partition coefficient (Wildman–Crippen LogP) is 2.08. The van der Waals surface area contributed by atoms with Crippen LogP contribution in [0.4, 0.5) is 5.82 Å². The van der Waals surface area contributed by atoms with Crippen LogP contribution >= 0.6 is 0 Å². The molecule has 0 N–H and O–H groups in total. The minimum absolute atomic E-state index is 0.158. The molecule has 2 aromatic rings. The fourth-order valence-electron chi connectivity index (χ4n) is 3.76. The first-order valence-corrected chi connectivity index (χ1v) is 8.16. The fraction of sp³-hybridized carbons (Fsp3) is 0.389. The molecule has 0 radical (unpaired) electrons. The summed E-state index contributed by atoms with van der Waals surface area (Å²) in [6.07, 6.45) is 6.37. The van der Waals surface area contributed by atoms with Crippen LogP contribution in [0.25, 0.3) is 0 Å². The molecule has 1 amide bonds. The van der Waals surface area contributed by atoms with E-state index in [2.05, 4.69) is 14.9 Å². The Balaban J connectivity index is 1.45. The van der Waals surface area contributed by atoms with Gasteiger partial charge in [0.05, 0.1) is 6.20 Å². The number of rotatable bonds is 2. The average molecular weight is 308 g/mol. The highest BCUT2D eigenvalue weighted by atomic mass is 16.2. The molecule has 4 rings (SSSR count). The normalized spacial score (nSPS) is 23.7. The van der Waals surface area contributed by atoms with Crippen molar-refractivity contribution in [1.82, 2.24) is 14.9 Å². The van der Waals surface area contributed by atoms with Crippen molar-refractivity contribution in [3.05, 3.63) is 54.5 Å². The Morgan fingerprint density at radius 1 is 1.04 bits per heavy atom. The summed E-state index contributed by atoms with van der Waals surface area (Å²) in [7, 11) is 0. The number of amides is 1. The van der Waals surface area contributed by atoms with Crippen molar-refractivity contribution in [1.29, 1.82) is 0 Å². The van der Waals surface area contributed by atoms with Crippen molar-refractivity contribution in [2.24, 2.45) is 11.8 Å². The largest absolute Gasteiger partial charge is 0.355 e. The Labute approximate surface area is 136 Å². The molecule has 2 aliphatic rings. The van der Waals surface area contributed by atoms with Crippen molar-refractivity contribution in [3.8, 4) is 0 Å². The number of likely N-dealkylation sites (tertiary alicyclic amines) is 1. The smallest absolute Gasteiger partial charge is 0.253 e. The first-order chi connectivity index (χ1) is 11.3. The molecule has 5 nitrogen and oxygen atoms in total. The van der Waals surface area contributed by atoms with Crippen molar-refractivity contribution < 1.29 is 4.79 Å². The molecule has 0 bridgehead atoms. The van der Waals surface area contributed by atoms with Crippen molar-refractivity contribution in [2.45, 2.75) is 6.42 Å². The van der Waals surface area contributed by atoms with Gasteiger partial charge < -0.3 is 9.80 Å². The van der Waals surface area contributed by atoms with Crippen molar-refractivity contribution in [2.75, 3.05) is 31.1 Å². The highest BCUT2D eigenvalue weighted by molar-refractivity contribution is 5.94. The van der Waals surface area contributed by atoms with Crippen molar-refractivity contribution >= 4 is 11.7 Å². The van der Waals surface area contributed by atoms with Crippen LogP contribution in [0.15, 0.2) is 48.9 Å². The highest BCUT2D eigenvalue weighted by Gasteiger charge is 2.39. The zero-order valence-corrected chi connectivity index (χ0v) is 13.0. The number of carbonyl (C=O) groups is 1. The lowest BCUT2D eigenvalue weighted by atomic mass is 9.89. The fourth-order valence-corrected chi connectivity index (χ4v) is 3.76. The minimum atomic E-state index is 0.158. The van der Waals surface area contributed by atoms with Crippen LogP contribution < -0.4 is 4.90 Å². The highest BCUT2D eigenvalue weighted by Crippen LogP contribution is 2.33. The van der Waals surface area contributed by atoms with E-state index in [0.29, 0.717) is 11.8 Å². The van der Waals surface area contributed by atoms with Gasteiger partial charge in [0.2, 0.25) is 0 Å². The summed E-state index contributed by atoms with van der Waals surface area (Å²) in [4.78, 5) is 25.5. The molecule has 1 aromatic heterocycles. The van der Waals surface area contributed by atoms with Crippen LogP contribution in [-0.2, 0) is 0 Å². The van der Waals surface area contributed by atoms with Crippen LogP contribution in [0, 0.1) is 11.8 Å².